The van der Waals surface area contributed by atoms with E-state index in [-0.39, 0.29) is 24.2 Å². The van der Waals surface area contributed by atoms with E-state index in [0.29, 0.717) is 41.7 Å². The van der Waals surface area contributed by atoms with Crippen molar-refractivity contribution in [3.05, 3.63) is 71.4 Å². The fraction of sp³-hybridized carbons (Fsp3) is 0.190. The summed E-state index contributed by atoms with van der Waals surface area (Å²) in [6.07, 6.45) is 0.394. The summed E-state index contributed by atoms with van der Waals surface area (Å²) in [5.41, 5.74) is 1.53. The van der Waals surface area contributed by atoms with Crippen molar-refractivity contribution in [2.24, 2.45) is 0 Å². The summed E-state index contributed by atoms with van der Waals surface area (Å²) in [6.45, 7) is 2.21. The number of halogens is 1. The molecule has 29 heavy (non-hydrogen) atoms. The van der Waals surface area contributed by atoms with Crippen molar-refractivity contribution in [1.29, 1.82) is 0 Å². The Morgan fingerprint density at radius 1 is 1.10 bits per heavy atom. The Morgan fingerprint density at radius 3 is 2.79 bits per heavy atom. The summed E-state index contributed by atoms with van der Waals surface area (Å²) in [7, 11) is 0. The molecule has 0 atom stereocenters. The summed E-state index contributed by atoms with van der Waals surface area (Å²) in [6, 6.07) is 13.5. The van der Waals surface area contributed by atoms with Crippen LogP contribution in [-0.4, -0.2) is 29.2 Å². The third-order valence-corrected chi connectivity index (χ3v) is 4.35. The van der Waals surface area contributed by atoms with Gasteiger partial charge in [-0.3, -0.25) is 4.79 Å². The van der Waals surface area contributed by atoms with Gasteiger partial charge in [0.25, 0.3) is 5.91 Å². The fourth-order valence-corrected chi connectivity index (χ4v) is 2.97. The van der Waals surface area contributed by atoms with Crippen molar-refractivity contribution in [3.63, 3.8) is 0 Å². The van der Waals surface area contributed by atoms with Gasteiger partial charge in [0.05, 0.1) is 0 Å². The van der Waals surface area contributed by atoms with Gasteiger partial charge >= 0.3 is 0 Å². The van der Waals surface area contributed by atoms with Gasteiger partial charge in [-0.2, -0.15) is 0 Å². The lowest BCUT2D eigenvalue weighted by atomic mass is 10.1. The van der Waals surface area contributed by atoms with Gasteiger partial charge in [0.15, 0.2) is 11.5 Å². The van der Waals surface area contributed by atoms with Crippen molar-refractivity contribution in [1.82, 2.24) is 15.3 Å². The number of amides is 1. The number of rotatable bonds is 6. The number of fused-ring (bicyclic) bond motifs is 1. The van der Waals surface area contributed by atoms with Crippen LogP contribution in [0.1, 0.15) is 21.9 Å². The summed E-state index contributed by atoms with van der Waals surface area (Å²) in [5, 5.41) is 5.91. The summed E-state index contributed by atoms with van der Waals surface area (Å²) < 4.78 is 24.3. The molecule has 2 heterocycles. The van der Waals surface area contributed by atoms with E-state index in [0.717, 1.165) is 5.69 Å². The van der Waals surface area contributed by atoms with Gasteiger partial charge in [-0.05, 0) is 37.1 Å². The van der Waals surface area contributed by atoms with Crippen molar-refractivity contribution in [3.8, 4) is 11.5 Å². The number of carbonyl (C=O) groups is 1. The van der Waals surface area contributed by atoms with Crippen LogP contribution in [0, 0.1) is 12.7 Å². The normalized spacial score (nSPS) is 11.9. The highest BCUT2D eigenvalue weighted by Crippen LogP contribution is 2.34. The molecule has 148 valence electrons. The van der Waals surface area contributed by atoms with Crippen LogP contribution in [0.15, 0.2) is 48.5 Å². The first-order valence-corrected chi connectivity index (χ1v) is 9.12. The third kappa shape index (κ3) is 4.43. The van der Waals surface area contributed by atoms with Gasteiger partial charge in [0.1, 0.15) is 23.2 Å². The van der Waals surface area contributed by atoms with Crippen molar-refractivity contribution in [2.75, 3.05) is 18.7 Å². The molecule has 0 bridgehead atoms. The summed E-state index contributed by atoms with van der Waals surface area (Å²) in [5.74, 6) is 1.64. The van der Waals surface area contributed by atoms with Crippen LogP contribution in [0.4, 0.5) is 15.9 Å². The summed E-state index contributed by atoms with van der Waals surface area (Å²) in [4.78, 5) is 21.0. The maximum absolute atomic E-state index is 13.7. The maximum atomic E-state index is 13.7. The van der Waals surface area contributed by atoms with Crippen LogP contribution in [0.2, 0.25) is 0 Å². The molecule has 0 saturated carbocycles. The monoisotopic (exact) mass is 394 g/mol. The lowest BCUT2D eigenvalue weighted by Gasteiger charge is -2.10. The number of nitrogens with zero attached hydrogens (tertiary/aromatic N) is 2. The minimum absolute atomic E-state index is 0.197. The van der Waals surface area contributed by atoms with Gasteiger partial charge in [-0.25, -0.2) is 14.4 Å². The van der Waals surface area contributed by atoms with Crippen LogP contribution in [0.3, 0.4) is 0 Å². The Kier molecular flexibility index (Phi) is 5.24. The first-order chi connectivity index (χ1) is 14.1. The Hall–Kier alpha value is -3.68. The van der Waals surface area contributed by atoms with Gasteiger partial charge in [0, 0.05) is 24.4 Å². The SMILES string of the molecule is Cc1nc(Nc2ccc3c(c2)OCO3)cc(C(=O)NCCc2ccccc2F)n1. The zero-order chi connectivity index (χ0) is 20.2. The first kappa shape index (κ1) is 18.7. The smallest absolute Gasteiger partial charge is 0.270 e. The van der Waals surface area contributed by atoms with Crippen molar-refractivity contribution in [2.45, 2.75) is 13.3 Å². The molecule has 0 unspecified atom stereocenters. The zero-order valence-electron chi connectivity index (χ0n) is 15.7. The number of hydrogen-bond donors (Lipinski definition) is 2. The average Bonchev–Trinajstić information content (AvgIpc) is 3.17. The highest BCUT2D eigenvalue weighted by atomic mass is 19.1. The predicted molar refractivity (Wildman–Crippen MR) is 105 cm³/mol. The molecular formula is C21H19FN4O3. The van der Waals surface area contributed by atoms with E-state index in [1.165, 1.54) is 6.07 Å². The molecule has 1 aromatic heterocycles. The molecule has 3 aromatic rings. The Labute approximate surface area is 166 Å². The van der Waals surface area contributed by atoms with Crippen LogP contribution in [0.25, 0.3) is 0 Å². The number of hydrogen-bond acceptors (Lipinski definition) is 6. The number of aryl methyl sites for hydroxylation is 1. The minimum atomic E-state index is -0.347. The Bertz CT molecular complexity index is 1060. The average molecular weight is 394 g/mol. The van der Waals surface area contributed by atoms with E-state index >= 15 is 0 Å². The molecule has 0 fully saturated rings. The van der Waals surface area contributed by atoms with E-state index in [1.54, 1.807) is 43.3 Å². The summed E-state index contributed by atoms with van der Waals surface area (Å²) >= 11 is 0. The number of anilines is 2. The standard InChI is InChI=1S/C21H19FN4O3/c1-13-24-17(21(27)23-9-8-14-4-2-3-5-16(14)22)11-20(25-13)26-15-6-7-18-19(10-15)29-12-28-18/h2-7,10-11H,8-9,12H2,1H3,(H,23,27)(H,24,25,26). The van der Waals surface area contributed by atoms with Crippen LogP contribution in [0.5, 0.6) is 11.5 Å². The van der Waals surface area contributed by atoms with Crippen molar-refractivity contribution >= 4 is 17.4 Å². The molecule has 0 spiro atoms. The second-order valence-corrected chi connectivity index (χ2v) is 6.48. The predicted octanol–water partition coefficient (Wildman–Crippen LogP) is 3.37. The molecule has 1 aliphatic heterocycles. The third-order valence-electron chi connectivity index (χ3n) is 4.35. The Morgan fingerprint density at radius 2 is 1.93 bits per heavy atom. The highest BCUT2D eigenvalue weighted by Gasteiger charge is 2.15. The lowest BCUT2D eigenvalue weighted by molar-refractivity contribution is 0.0948. The molecule has 1 aliphatic rings. The molecule has 0 radical (unpaired) electrons. The number of carbonyl (C=O) groups excluding carboxylic acids is 1. The van der Waals surface area contributed by atoms with E-state index in [4.69, 9.17) is 9.47 Å². The van der Waals surface area contributed by atoms with Gasteiger partial charge < -0.3 is 20.1 Å². The molecule has 2 N–H and O–H groups in total. The lowest BCUT2D eigenvalue weighted by Crippen LogP contribution is -2.27. The molecule has 8 heteroatoms. The number of benzene rings is 2. The second kappa shape index (κ2) is 8.14. The van der Waals surface area contributed by atoms with Gasteiger partial charge in [0.2, 0.25) is 6.79 Å². The zero-order valence-corrected chi connectivity index (χ0v) is 15.7. The molecular weight excluding hydrogens is 375 g/mol. The van der Waals surface area contributed by atoms with E-state index in [9.17, 15) is 9.18 Å². The number of aromatic nitrogens is 2. The van der Waals surface area contributed by atoms with E-state index < -0.39 is 0 Å². The molecule has 0 saturated heterocycles. The molecule has 7 nitrogen and oxygen atoms in total. The number of nitrogens with one attached hydrogen (secondary N) is 2. The van der Waals surface area contributed by atoms with Gasteiger partial charge in [-0.15, -0.1) is 0 Å². The second-order valence-electron chi connectivity index (χ2n) is 6.48. The molecule has 4 rings (SSSR count). The number of ether oxygens (including phenoxy) is 2. The minimum Gasteiger partial charge on any atom is -0.454 e. The molecule has 0 aliphatic carbocycles. The topological polar surface area (TPSA) is 85.4 Å². The van der Waals surface area contributed by atoms with Crippen LogP contribution in [-0.2, 0) is 6.42 Å². The van der Waals surface area contributed by atoms with E-state index in [2.05, 4.69) is 20.6 Å². The first-order valence-electron chi connectivity index (χ1n) is 9.12. The molecule has 1 amide bonds. The highest BCUT2D eigenvalue weighted by molar-refractivity contribution is 5.93. The quantitative estimate of drug-likeness (QED) is 0.667. The fourth-order valence-electron chi connectivity index (χ4n) is 2.97. The van der Waals surface area contributed by atoms with Crippen molar-refractivity contribution < 1.29 is 18.7 Å². The van der Waals surface area contributed by atoms with Gasteiger partial charge in [-0.1, -0.05) is 18.2 Å². The largest absolute Gasteiger partial charge is 0.454 e. The van der Waals surface area contributed by atoms with E-state index in [1.807, 2.05) is 6.07 Å². The van der Waals surface area contributed by atoms with Crippen LogP contribution < -0.4 is 20.1 Å². The molecule has 2 aromatic carbocycles. The maximum Gasteiger partial charge on any atom is 0.270 e. The Balaban J connectivity index is 1.42. The van der Waals surface area contributed by atoms with Crippen LogP contribution >= 0.6 is 0 Å².